The first kappa shape index (κ1) is 44.2. The van der Waals surface area contributed by atoms with Crippen LogP contribution in [-0.2, 0) is 61.5 Å². The molecule has 1 aromatic carbocycles. The second-order valence-electron chi connectivity index (χ2n) is 9.55. The number of hydrogen-bond acceptors (Lipinski definition) is 12. The molecule has 0 aliphatic heterocycles. The number of carbonyl (C=O) groups excluding carboxylic acids is 4. The fourth-order valence-electron chi connectivity index (χ4n) is 3.52. The molecule has 2 fully saturated rings. The molecule has 0 bridgehead atoms. The van der Waals surface area contributed by atoms with E-state index in [2.05, 4.69) is 22.1 Å². The average Bonchev–Trinajstić information content (AvgIpc) is 3.58. The minimum atomic E-state index is -6.18. The van der Waals surface area contributed by atoms with Gasteiger partial charge in [-0.15, -0.1) is 0 Å². The van der Waals surface area contributed by atoms with Gasteiger partial charge in [0.15, 0.2) is 20.2 Å². The third-order valence-corrected chi connectivity index (χ3v) is 8.25. The third-order valence-electron chi connectivity index (χ3n) is 6.07. The van der Waals surface area contributed by atoms with Gasteiger partial charge in [0.25, 0.3) is 0 Å². The molecule has 22 heteroatoms. The fourth-order valence-corrected chi connectivity index (χ4v) is 4.48. The van der Waals surface area contributed by atoms with Crippen molar-refractivity contribution in [1.82, 2.24) is 0 Å². The van der Waals surface area contributed by atoms with Gasteiger partial charge in [-0.25, -0.2) is 25.6 Å². The molecule has 2 saturated carbocycles. The first-order valence-corrected chi connectivity index (χ1v) is 15.9. The van der Waals surface area contributed by atoms with Crippen LogP contribution in [0.1, 0.15) is 38.5 Å². The number of esters is 2. The van der Waals surface area contributed by atoms with Gasteiger partial charge in [-0.2, -0.15) is 17.6 Å². The van der Waals surface area contributed by atoms with Crippen molar-refractivity contribution >= 4 is 56.4 Å². The molecule has 2 aliphatic rings. The van der Waals surface area contributed by atoms with Gasteiger partial charge >= 0.3 is 52.0 Å². The van der Waals surface area contributed by atoms with Crippen molar-refractivity contribution in [2.45, 2.75) is 66.3 Å². The number of ketones is 2. The van der Waals surface area contributed by atoms with Crippen LogP contribution in [0.5, 0.6) is 0 Å². The zero-order valence-electron chi connectivity index (χ0n) is 23.8. The molecule has 0 saturated heterocycles. The van der Waals surface area contributed by atoms with Gasteiger partial charge in [0, 0.05) is 25.7 Å². The largest absolute Gasteiger partial charge is 1.00 e. The molecule has 12 nitrogen and oxygen atoms in total. The number of Topliss-reactive ketones (excluding diaryl/α,β-unsaturated/α-hetero) is 2. The first-order chi connectivity index (χ1) is 20.5. The van der Waals surface area contributed by atoms with Crippen molar-refractivity contribution in [3.05, 3.63) is 30.3 Å². The Bertz CT molecular complexity index is 1330. The minimum absolute atomic E-state index is 0. The summed E-state index contributed by atoms with van der Waals surface area (Å²) in [6, 6.07) is 9.96. The van der Waals surface area contributed by atoms with Crippen LogP contribution in [-0.4, -0.2) is 85.5 Å². The number of rotatable bonds is 10. The number of alkyl halides is 6. The van der Waals surface area contributed by atoms with Crippen LogP contribution < -0.4 is 29.6 Å². The van der Waals surface area contributed by atoms with Crippen LogP contribution >= 0.6 is 0 Å². The van der Waals surface area contributed by atoms with Crippen molar-refractivity contribution in [3.8, 4) is 0 Å². The summed E-state index contributed by atoms with van der Waals surface area (Å²) in [7, 11) is -12.4. The molecular formula is C24H27F6NaO12S3. The number of carbonyl (C=O) groups is 4. The second-order valence-corrected chi connectivity index (χ2v) is 13.0. The Balaban J connectivity index is 0.000000714. The van der Waals surface area contributed by atoms with Gasteiger partial charge in [-0.1, -0.05) is 18.2 Å². The summed E-state index contributed by atoms with van der Waals surface area (Å²) in [6.07, 6.45) is -6.51. The van der Waals surface area contributed by atoms with Gasteiger partial charge in [-0.3, -0.25) is 19.2 Å². The zero-order valence-corrected chi connectivity index (χ0v) is 28.5. The summed E-state index contributed by atoms with van der Waals surface area (Å²) in [5.41, 5.74) is 0. The van der Waals surface area contributed by atoms with E-state index < -0.39 is 80.1 Å². The molecule has 0 N–H and O–H groups in total. The second kappa shape index (κ2) is 18.7. The number of benzene rings is 1. The Kier molecular flexibility index (Phi) is 18.0. The molecular weight excluding hydrogens is 713 g/mol. The van der Waals surface area contributed by atoms with E-state index in [0.29, 0.717) is 0 Å². The smallest absolute Gasteiger partial charge is 0.743 e. The standard InChI is InChI=1S/2C9H11F3O6S.C6H6S.Na/c2*10-7(9(11,12)19(15,16)17)4-18-8(14)5-1-2-6(13)3-5;7-6-4-2-1-3-5-6;/h2*5,7H,1-4H2,(H,15,16,17);1-5,7H;/q;;;+1/p-1. The maximum Gasteiger partial charge on any atom is 1.00 e. The predicted molar refractivity (Wildman–Crippen MR) is 141 cm³/mol. The monoisotopic (exact) mass is 740 g/mol. The molecule has 4 unspecified atom stereocenters. The van der Waals surface area contributed by atoms with Gasteiger partial charge in [0.1, 0.15) is 29.7 Å². The van der Waals surface area contributed by atoms with Gasteiger partial charge in [-0.05, 0) is 37.6 Å². The maximum absolute atomic E-state index is 12.9. The van der Waals surface area contributed by atoms with Gasteiger partial charge in [0.2, 0.25) is 12.3 Å². The fraction of sp³-hybridized carbons (Fsp3) is 0.583. The van der Waals surface area contributed by atoms with E-state index >= 15 is 0 Å². The van der Waals surface area contributed by atoms with E-state index in [1.807, 2.05) is 30.3 Å². The molecule has 0 radical (unpaired) electrons. The number of hydrogen-bond donors (Lipinski definition) is 0. The zero-order chi connectivity index (χ0) is 34.8. The van der Waals surface area contributed by atoms with Crippen LogP contribution in [0, 0.1) is 11.8 Å². The van der Waals surface area contributed by atoms with Crippen molar-refractivity contribution in [2.75, 3.05) is 13.2 Å². The van der Waals surface area contributed by atoms with Crippen LogP contribution in [0.2, 0.25) is 0 Å². The van der Waals surface area contributed by atoms with Crippen molar-refractivity contribution in [2.24, 2.45) is 11.8 Å². The van der Waals surface area contributed by atoms with Crippen LogP contribution in [0.15, 0.2) is 35.2 Å². The maximum atomic E-state index is 12.9. The molecule has 0 amide bonds. The summed E-state index contributed by atoms with van der Waals surface area (Å²) in [5.74, 6) is -4.20. The minimum Gasteiger partial charge on any atom is -0.743 e. The Morgan fingerprint density at radius 3 is 1.33 bits per heavy atom. The van der Waals surface area contributed by atoms with Gasteiger partial charge in [0.05, 0.1) is 11.8 Å². The molecule has 256 valence electrons. The average molecular weight is 741 g/mol. The molecule has 0 spiro atoms. The van der Waals surface area contributed by atoms with Crippen LogP contribution in [0.25, 0.3) is 0 Å². The molecule has 0 aromatic heterocycles. The summed E-state index contributed by atoms with van der Waals surface area (Å²) >= 11 is 3.36. The summed E-state index contributed by atoms with van der Waals surface area (Å²) in [6.45, 7) is -3.12. The van der Waals surface area contributed by atoms with Crippen molar-refractivity contribution in [1.29, 1.82) is 0 Å². The van der Waals surface area contributed by atoms with E-state index in [1.54, 1.807) is 0 Å². The van der Waals surface area contributed by atoms with Crippen molar-refractivity contribution < 1.29 is 110 Å². The number of ether oxygens (including phenoxy) is 2. The van der Waals surface area contributed by atoms with Crippen molar-refractivity contribution in [3.63, 3.8) is 0 Å². The molecule has 4 atom stereocenters. The van der Waals surface area contributed by atoms with E-state index in [-0.39, 0.29) is 79.6 Å². The molecule has 3 rings (SSSR count). The van der Waals surface area contributed by atoms with E-state index in [4.69, 9.17) is 0 Å². The summed E-state index contributed by atoms with van der Waals surface area (Å²) in [5, 5.41) is -10.3. The third kappa shape index (κ3) is 13.8. The first-order valence-electron chi connectivity index (χ1n) is 12.6. The van der Waals surface area contributed by atoms with E-state index in [0.717, 1.165) is 4.90 Å². The SMILES string of the molecule is O=C1CCC(C(=O)OCC(F)C(F)(F)S(=O)(=O)[O-])C1.O=C1CCC(C(=O)OCC(F)C(F)(F)S(=O)(=O)[O-])C1.[Na+].[SH2+]c1ccccc1. The molecule has 2 aliphatic carbocycles. The normalized spacial score (nSPS) is 19.8. The topological polar surface area (TPSA) is 201 Å². The Morgan fingerprint density at radius 1 is 0.783 bits per heavy atom. The predicted octanol–water partition coefficient (Wildman–Crippen LogP) is -1.19. The van der Waals surface area contributed by atoms with E-state index in [9.17, 15) is 71.5 Å². The molecule has 1 aromatic rings. The van der Waals surface area contributed by atoms with Gasteiger partial charge < -0.3 is 18.6 Å². The Labute approximate surface area is 287 Å². The Morgan fingerprint density at radius 2 is 1.11 bits per heavy atom. The van der Waals surface area contributed by atoms with Crippen LogP contribution in [0.3, 0.4) is 0 Å². The Hall–Kier alpha value is -1.75. The summed E-state index contributed by atoms with van der Waals surface area (Å²) in [4.78, 5) is 45.4. The van der Waals surface area contributed by atoms with E-state index in [1.165, 1.54) is 0 Å². The molecule has 0 heterocycles. The summed E-state index contributed by atoms with van der Waals surface area (Å²) < 4.78 is 146. The quantitative estimate of drug-likeness (QED) is 0.0915. The van der Waals surface area contributed by atoms with Crippen LogP contribution in [0.4, 0.5) is 26.3 Å². The number of halogens is 6. The molecule has 46 heavy (non-hydrogen) atoms.